The van der Waals surface area contributed by atoms with E-state index in [4.69, 9.17) is 15.7 Å². The third-order valence-corrected chi connectivity index (χ3v) is 5.07. The maximum Gasteiger partial charge on any atom is 0.245 e. The minimum atomic E-state index is -3.67. The van der Waals surface area contributed by atoms with Crippen molar-refractivity contribution in [3.05, 3.63) is 23.8 Å². The number of morpholine rings is 1. The van der Waals surface area contributed by atoms with Gasteiger partial charge >= 0.3 is 0 Å². The first-order chi connectivity index (χ1) is 9.26. The van der Waals surface area contributed by atoms with Crippen LogP contribution in [-0.2, 0) is 14.8 Å². The molecular formula is C13H17N3O3S. The van der Waals surface area contributed by atoms with Crippen molar-refractivity contribution in [3.8, 4) is 6.07 Å². The summed E-state index contributed by atoms with van der Waals surface area (Å²) in [5.41, 5.74) is 5.68. The fraction of sp³-hybridized carbons (Fsp3) is 0.462. The van der Waals surface area contributed by atoms with E-state index in [0.29, 0.717) is 18.7 Å². The number of nitrogen functional groups attached to an aromatic ring is 1. The molecule has 1 heterocycles. The van der Waals surface area contributed by atoms with E-state index in [1.54, 1.807) is 0 Å². The summed E-state index contributed by atoms with van der Waals surface area (Å²) < 4.78 is 32.1. The largest absolute Gasteiger partial charge is 0.398 e. The number of anilines is 1. The molecule has 1 aromatic carbocycles. The second kappa shape index (κ2) is 5.05. The van der Waals surface area contributed by atoms with Gasteiger partial charge in [0.05, 0.1) is 29.5 Å². The van der Waals surface area contributed by atoms with Crippen LogP contribution in [-0.4, -0.2) is 38.0 Å². The molecule has 0 bridgehead atoms. The summed E-state index contributed by atoms with van der Waals surface area (Å²) in [5, 5.41) is 8.79. The average molecular weight is 295 g/mol. The third-order valence-electron chi connectivity index (χ3n) is 3.15. The Hall–Kier alpha value is -1.62. The molecule has 7 heteroatoms. The highest BCUT2D eigenvalue weighted by Gasteiger charge is 2.35. The van der Waals surface area contributed by atoms with E-state index >= 15 is 0 Å². The minimum Gasteiger partial charge on any atom is -0.398 e. The van der Waals surface area contributed by atoms with Gasteiger partial charge < -0.3 is 10.5 Å². The summed E-state index contributed by atoms with van der Waals surface area (Å²) in [5.74, 6) is 0. The van der Waals surface area contributed by atoms with Crippen LogP contribution in [0.4, 0.5) is 5.69 Å². The number of ether oxygens (including phenoxy) is 1. The average Bonchev–Trinajstić information content (AvgIpc) is 2.37. The van der Waals surface area contributed by atoms with E-state index < -0.39 is 15.6 Å². The van der Waals surface area contributed by atoms with Crippen LogP contribution in [0.25, 0.3) is 0 Å². The number of benzene rings is 1. The lowest BCUT2D eigenvalue weighted by molar-refractivity contribution is -0.0640. The van der Waals surface area contributed by atoms with Gasteiger partial charge in [-0.2, -0.15) is 9.57 Å². The first kappa shape index (κ1) is 14.8. The van der Waals surface area contributed by atoms with Crippen LogP contribution >= 0.6 is 0 Å². The number of rotatable bonds is 2. The van der Waals surface area contributed by atoms with Gasteiger partial charge in [0.2, 0.25) is 10.0 Å². The molecule has 1 aromatic rings. The van der Waals surface area contributed by atoms with E-state index in [1.807, 2.05) is 19.9 Å². The number of nitriles is 1. The molecule has 2 N–H and O–H groups in total. The molecule has 1 fully saturated rings. The highest BCUT2D eigenvalue weighted by atomic mass is 32.2. The lowest BCUT2D eigenvalue weighted by Gasteiger charge is -2.37. The fourth-order valence-electron chi connectivity index (χ4n) is 2.17. The van der Waals surface area contributed by atoms with E-state index in [1.165, 1.54) is 22.5 Å². The molecule has 0 amide bonds. The monoisotopic (exact) mass is 295 g/mol. The zero-order valence-electron chi connectivity index (χ0n) is 11.5. The molecule has 0 aromatic heterocycles. The quantitative estimate of drug-likeness (QED) is 0.819. The summed E-state index contributed by atoms with van der Waals surface area (Å²) in [6, 6.07) is 6.14. The molecule has 108 valence electrons. The number of sulfonamides is 1. The molecular weight excluding hydrogens is 278 g/mol. The van der Waals surface area contributed by atoms with E-state index in [-0.39, 0.29) is 17.1 Å². The Labute approximate surface area is 118 Å². The Bertz CT molecular complexity index is 662. The number of nitrogens with two attached hydrogens (primary N) is 1. The molecule has 1 aliphatic rings. The summed E-state index contributed by atoms with van der Waals surface area (Å²) in [6.07, 6.45) is 0. The van der Waals surface area contributed by atoms with Crippen molar-refractivity contribution in [1.82, 2.24) is 4.31 Å². The van der Waals surface area contributed by atoms with Crippen molar-refractivity contribution < 1.29 is 13.2 Å². The smallest absolute Gasteiger partial charge is 0.245 e. The third kappa shape index (κ3) is 2.77. The van der Waals surface area contributed by atoms with Crippen molar-refractivity contribution in [1.29, 1.82) is 5.26 Å². The molecule has 20 heavy (non-hydrogen) atoms. The molecule has 0 aliphatic carbocycles. The zero-order chi connectivity index (χ0) is 15.0. The van der Waals surface area contributed by atoms with E-state index in [2.05, 4.69) is 0 Å². The van der Waals surface area contributed by atoms with Crippen molar-refractivity contribution in [3.63, 3.8) is 0 Å². The van der Waals surface area contributed by atoms with Crippen molar-refractivity contribution in [2.75, 3.05) is 25.4 Å². The maximum absolute atomic E-state index is 12.6. The van der Waals surface area contributed by atoms with Crippen molar-refractivity contribution in [2.45, 2.75) is 24.3 Å². The SMILES string of the molecule is CC1(C)CN(S(=O)(=O)c2ccc(C#N)cc2N)CCO1. The minimum absolute atomic E-state index is 0.0363. The Kier molecular flexibility index (Phi) is 3.73. The normalized spacial score (nSPS) is 19.4. The summed E-state index contributed by atoms with van der Waals surface area (Å²) >= 11 is 0. The Balaban J connectivity index is 2.38. The first-order valence-electron chi connectivity index (χ1n) is 6.20. The van der Waals surface area contributed by atoms with Gasteiger partial charge in [0.15, 0.2) is 0 Å². The number of hydrogen-bond donors (Lipinski definition) is 1. The van der Waals surface area contributed by atoms with Gasteiger partial charge in [-0.3, -0.25) is 0 Å². The van der Waals surface area contributed by atoms with Crippen LogP contribution < -0.4 is 5.73 Å². The second-order valence-electron chi connectivity index (χ2n) is 5.31. The highest BCUT2D eigenvalue weighted by Crippen LogP contribution is 2.27. The second-order valence-corrected chi connectivity index (χ2v) is 7.22. The molecule has 1 aliphatic heterocycles. The van der Waals surface area contributed by atoms with E-state index in [0.717, 1.165) is 0 Å². The lowest BCUT2D eigenvalue weighted by Crippen LogP contribution is -2.50. The van der Waals surface area contributed by atoms with Crippen LogP contribution in [0, 0.1) is 11.3 Å². The Morgan fingerprint density at radius 2 is 2.15 bits per heavy atom. The fourth-order valence-corrected chi connectivity index (χ4v) is 3.84. The van der Waals surface area contributed by atoms with Crippen LogP contribution in [0.15, 0.2) is 23.1 Å². The van der Waals surface area contributed by atoms with Gasteiger partial charge in [0.1, 0.15) is 4.90 Å². The van der Waals surface area contributed by atoms with Gasteiger partial charge in [0.25, 0.3) is 0 Å². The topological polar surface area (TPSA) is 96.4 Å². The summed E-state index contributed by atoms with van der Waals surface area (Å²) in [7, 11) is -3.67. The Morgan fingerprint density at radius 1 is 1.45 bits per heavy atom. The molecule has 0 atom stereocenters. The van der Waals surface area contributed by atoms with Gasteiger partial charge in [-0.25, -0.2) is 8.42 Å². The van der Waals surface area contributed by atoms with Gasteiger partial charge in [-0.05, 0) is 32.0 Å². The van der Waals surface area contributed by atoms with Gasteiger partial charge in [-0.1, -0.05) is 0 Å². The zero-order valence-corrected chi connectivity index (χ0v) is 12.3. The maximum atomic E-state index is 12.6. The highest BCUT2D eigenvalue weighted by molar-refractivity contribution is 7.89. The molecule has 0 unspecified atom stereocenters. The molecule has 2 rings (SSSR count). The molecule has 1 saturated heterocycles. The molecule has 0 spiro atoms. The summed E-state index contributed by atoms with van der Waals surface area (Å²) in [4.78, 5) is 0.0363. The van der Waals surface area contributed by atoms with Gasteiger partial charge in [-0.15, -0.1) is 0 Å². The molecule has 6 nitrogen and oxygen atoms in total. The van der Waals surface area contributed by atoms with Crippen LogP contribution in [0.2, 0.25) is 0 Å². The predicted molar refractivity (Wildman–Crippen MR) is 74.4 cm³/mol. The Morgan fingerprint density at radius 3 is 2.70 bits per heavy atom. The standard InChI is InChI=1S/C13H17N3O3S/c1-13(2)9-16(5-6-19-13)20(17,18)12-4-3-10(8-14)7-11(12)15/h3-4,7H,5-6,9,15H2,1-2H3. The molecule has 0 saturated carbocycles. The van der Waals surface area contributed by atoms with E-state index in [9.17, 15) is 8.42 Å². The number of nitrogens with zero attached hydrogens (tertiary/aromatic N) is 2. The van der Waals surface area contributed by atoms with Gasteiger partial charge in [0, 0.05) is 13.1 Å². The van der Waals surface area contributed by atoms with Crippen LogP contribution in [0.3, 0.4) is 0 Å². The lowest BCUT2D eigenvalue weighted by atomic mass is 10.1. The molecule has 0 radical (unpaired) electrons. The van der Waals surface area contributed by atoms with Crippen molar-refractivity contribution in [2.24, 2.45) is 0 Å². The summed E-state index contributed by atoms with van der Waals surface area (Å²) in [6.45, 7) is 4.61. The van der Waals surface area contributed by atoms with Crippen molar-refractivity contribution >= 4 is 15.7 Å². The predicted octanol–water partition coefficient (Wildman–Crippen LogP) is 0.940. The number of hydrogen-bond acceptors (Lipinski definition) is 5. The van der Waals surface area contributed by atoms with Crippen LogP contribution in [0.5, 0.6) is 0 Å². The van der Waals surface area contributed by atoms with Crippen LogP contribution in [0.1, 0.15) is 19.4 Å². The first-order valence-corrected chi connectivity index (χ1v) is 7.64.